The molecule has 2 fully saturated rings. The molecule has 1 saturated carbocycles. The van der Waals surface area contributed by atoms with Gasteiger partial charge in [-0.05, 0) is 36.8 Å². The maximum absolute atomic E-state index is 13.2. The van der Waals surface area contributed by atoms with Crippen LogP contribution in [0.5, 0.6) is 0 Å². The highest BCUT2D eigenvalue weighted by atomic mass is 16.5. The number of likely N-dealkylation sites (tertiary alicyclic amines) is 1. The minimum absolute atomic E-state index is 0.0179. The summed E-state index contributed by atoms with van der Waals surface area (Å²) in [4.78, 5) is 27.9. The molecular weight excluding hydrogens is 366 g/mol. The molecule has 1 amide bonds. The summed E-state index contributed by atoms with van der Waals surface area (Å²) < 4.78 is 5.90. The van der Waals surface area contributed by atoms with Crippen LogP contribution >= 0.6 is 0 Å². The van der Waals surface area contributed by atoms with Gasteiger partial charge in [-0.3, -0.25) is 9.59 Å². The van der Waals surface area contributed by atoms with Gasteiger partial charge in [0.05, 0.1) is 11.5 Å². The molecule has 1 spiro atoms. The largest absolute Gasteiger partial charge is 0.474 e. The Labute approximate surface area is 171 Å². The minimum Gasteiger partial charge on any atom is -0.474 e. The quantitative estimate of drug-likeness (QED) is 0.791. The number of carbonyl (C=O) groups is 2. The number of nitriles is 1. The van der Waals surface area contributed by atoms with E-state index in [4.69, 9.17) is 10.5 Å². The zero-order valence-electron chi connectivity index (χ0n) is 17.0. The standard InChI is InChI=1S/C23H27N3O3/c1-22(2)12-17(27)19-18(13-22)29-20(25)16(14-24)23(19)8-10-26(11-9-23)21(28)15-6-4-3-5-7-15/h3-7,18-19H,8-13,25H2,1-2H3/t18-,19-/m0/s1. The molecule has 6 heteroatoms. The second-order valence-corrected chi connectivity index (χ2v) is 9.31. The summed E-state index contributed by atoms with van der Waals surface area (Å²) >= 11 is 0. The van der Waals surface area contributed by atoms with Gasteiger partial charge >= 0.3 is 0 Å². The third-order valence-electron chi connectivity index (χ3n) is 6.82. The molecule has 1 aromatic carbocycles. The molecule has 2 aliphatic heterocycles. The molecule has 0 radical (unpaired) electrons. The minimum atomic E-state index is -0.636. The lowest BCUT2D eigenvalue weighted by molar-refractivity contribution is -0.149. The first kappa shape index (κ1) is 19.5. The van der Waals surface area contributed by atoms with Crippen LogP contribution < -0.4 is 5.73 Å². The lowest BCUT2D eigenvalue weighted by atomic mass is 9.55. The Morgan fingerprint density at radius 2 is 1.90 bits per heavy atom. The highest BCUT2D eigenvalue weighted by molar-refractivity contribution is 5.94. The fourth-order valence-electron chi connectivity index (χ4n) is 5.52. The number of amides is 1. The van der Waals surface area contributed by atoms with Crippen LogP contribution in [0.2, 0.25) is 0 Å². The lowest BCUT2D eigenvalue weighted by Gasteiger charge is -2.53. The monoisotopic (exact) mass is 393 g/mol. The smallest absolute Gasteiger partial charge is 0.253 e. The van der Waals surface area contributed by atoms with Gasteiger partial charge < -0.3 is 15.4 Å². The lowest BCUT2D eigenvalue weighted by Crippen LogP contribution is -2.58. The molecule has 2 atom stereocenters. The molecule has 6 nitrogen and oxygen atoms in total. The summed E-state index contributed by atoms with van der Waals surface area (Å²) in [6.07, 6.45) is 2.00. The van der Waals surface area contributed by atoms with E-state index < -0.39 is 5.41 Å². The first-order valence-electron chi connectivity index (χ1n) is 10.2. The number of nitrogens with two attached hydrogens (primary N) is 1. The van der Waals surface area contributed by atoms with E-state index >= 15 is 0 Å². The van der Waals surface area contributed by atoms with E-state index in [9.17, 15) is 14.9 Å². The van der Waals surface area contributed by atoms with Gasteiger partial charge in [0.25, 0.3) is 5.91 Å². The van der Waals surface area contributed by atoms with Gasteiger partial charge in [-0.25, -0.2) is 0 Å². The first-order chi connectivity index (χ1) is 13.8. The van der Waals surface area contributed by atoms with Crippen molar-refractivity contribution in [3.05, 3.63) is 47.4 Å². The maximum atomic E-state index is 13.2. The van der Waals surface area contributed by atoms with E-state index in [0.717, 1.165) is 6.42 Å². The van der Waals surface area contributed by atoms with Crippen molar-refractivity contribution in [2.75, 3.05) is 13.1 Å². The summed E-state index contributed by atoms with van der Waals surface area (Å²) in [6.45, 7) is 5.12. The molecule has 1 aromatic rings. The van der Waals surface area contributed by atoms with Crippen molar-refractivity contribution in [1.82, 2.24) is 4.90 Å². The van der Waals surface area contributed by atoms with Gasteiger partial charge in [0.15, 0.2) is 5.88 Å². The van der Waals surface area contributed by atoms with Crippen molar-refractivity contribution in [1.29, 1.82) is 5.26 Å². The second kappa shape index (κ2) is 6.91. The van der Waals surface area contributed by atoms with Crippen molar-refractivity contribution in [2.24, 2.45) is 22.5 Å². The average molecular weight is 393 g/mol. The molecule has 2 heterocycles. The molecule has 0 aromatic heterocycles. The SMILES string of the molecule is CC1(C)CC(=O)[C@H]2[C@H](C1)OC(N)=C(C#N)C21CCN(C(=O)c2ccccc2)CC1. The van der Waals surface area contributed by atoms with Gasteiger partial charge in [-0.2, -0.15) is 5.26 Å². The van der Waals surface area contributed by atoms with Gasteiger partial charge in [0.1, 0.15) is 18.0 Å². The number of fused-ring (bicyclic) bond motifs is 2. The highest BCUT2D eigenvalue weighted by Gasteiger charge is 2.58. The number of carbonyl (C=O) groups excluding carboxylic acids is 2. The summed E-state index contributed by atoms with van der Waals surface area (Å²) in [5, 5.41) is 9.85. The molecule has 1 aliphatic carbocycles. The number of allylic oxidation sites excluding steroid dienone is 1. The van der Waals surface area contributed by atoms with Crippen molar-refractivity contribution in [2.45, 2.75) is 45.6 Å². The van der Waals surface area contributed by atoms with Crippen LogP contribution in [-0.4, -0.2) is 35.8 Å². The van der Waals surface area contributed by atoms with Crippen molar-refractivity contribution in [3.63, 3.8) is 0 Å². The number of piperidine rings is 1. The van der Waals surface area contributed by atoms with Gasteiger partial charge in [0.2, 0.25) is 0 Å². The van der Waals surface area contributed by atoms with E-state index in [1.54, 1.807) is 0 Å². The number of hydrogen-bond acceptors (Lipinski definition) is 5. The summed E-state index contributed by atoms with van der Waals surface area (Å²) in [5.41, 5.74) is 6.42. The summed E-state index contributed by atoms with van der Waals surface area (Å²) in [5.74, 6) is -0.0847. The molecule has 0 unspecified atom stereocenters. The predicted octanol–water partition coefficient (Wildman–Crippen LogP) is 3.01. The Hall–Kier alpha value is -2.81. The van der Waals surface area contributed by atoms with Crippen LogP contribution in [0.3, 0.4) is 0 Å². The Balaban J connectivity index is 1.64. The topological polar surface area (TPSA) is 96.4 Å². The predicted molar refractivity (Wildman–Crippen MR) is 107 cm³/mol. The second-order valence-electron chi connectivity index (χ2n) is 9.31. The number of hydrogen-bond donors (Lipinski definition) is 1. The molecule has 4 rings (SSSR count). The highest BCUT2D eigenvalue weighted by Crippen LogP contribution is 2.55. The van der Waals surface area contributed by atoms with E-state index in [1.807, 2.05) is 35.2 Å². The molecule has 2 N–H and O–H groups in total. The van der Waals surface area contributed by atoms with E-state index in [1.165, 1.54) is 0 Å². The van der Waals surface area contributed by atoms with Crippen LogP contribution in [0.25, 0.3) is 0 Å². The van der Waals surface area contributed by atoms with E-state index in [0.29, 0.717) is 43.5 Å². The van der Waals surface area contributed by atoms with Crippen molar-refractivity contribution < 1.29 is 14.3 Å². The van der Waals surface area contributed by atoms with Gasteiger partial charge in [-0.1, -0.05) is 32.0 Å². The number of ketones is 1. The van der Waals surface area contributed by atoms with E-state index in [-0.39, 0.29) is 35.0 Å². The fourth-order valence-corrected chi connectivity index (χ4v) is 5.52. The molecule has 1 saturated heterocycles. The Morgan fingerprint density at radius 3 is 2.52 bits per heavy atom. The van der Waals surface area contributed by atoms with Gasteiger partial charge in [0, 0.05) is 30.5 Å². The number of nitrogens with zero attached hydrogens (tertiary/aromatic N) is 2. The number of rotatable bonds is 1. The molecular formula is C23H27N3O3. The zero-order chi connectivity index (χ0) is 20.8. The van der Waals surface area contributed by atoms with Crippen molar-refractivity contribution >= 4 is 11.7 Å². The van der Waals surface area contributed by atoms with Crippen LogP contribution in [-0.2, 0) is 9.53 Å². The Morgan fingerprint density at radius 1 is 1.24 bits per heavy atom. The first-order valence-corrected chi connectivity index (χ1v) is 10.2. The molecule has 0 bridgehead atoms. The Bertz CT molecular complexity index is 905. The van der Waals surface area contributed by atoms with Crippen LogP contribution in [0.4, 0.5) is 0 Å². The Kier molecular flexibility index (Phi) is 4.65. The maximum Gasteiger partial charge on any atom is 0.253 e. The molecule has 3 aliphatic rings. The fraction of sp³-hybridized carbons (Fsp3) is 0.522. The molecule has 29 heavy (non-hydrogen) atoms. The summed E-state index contributed by atoms with van der Waals surface area (Å²) in [6, 6.07) is 11.4. The summed E-state index contributed by atoms with van der Waals surface area (Å²) in [7, 11) is 0. The molecule has 152 valence electrons. The normalized spacial score (nSPS) is 27.8. The van der Waals surface area contributed by atoms with Crippen LogP contribution in [0.15, 0.2) is 41.8 Å². The third kappa shape index (κ3) is 3.19. The number of Topliss-reactive ketones (excluding diaryl/α,β-unsaturated/α-hetero) is 1. The van der Waals surface area contributed by atoms with Crippen LogP contribution in [0.1, 0.15) is 49.9 Å². The number of benzene rings is 1. The third-order valence-corrected chi connectivity index (χ3v) is 6.82. The van der Waals surface area contributed by atoms with Crippen molar-refractivity contribution in [3.8, 4) is 6.07 Å². The van der Waals surface area contributed by atoms with E-state index in [2.05, 4.69) is 19.9 Å². The average Bonchev–Trinajstić information content (AvgIpc) is 2.67. The van der Waals surface area contributed by atoms with Crippen LogP contribution in [0, 0.1) is 28.1 Å². The van der Waals surface area contributed by atoms with Gasteiger partial charge in [-0.15, -0.1) is 0 Å². The zero-order valence-corrected chi connectivity index (χ0v) is 17.0. The number of ether oxygens (including phenoxy) is 1.